The van der Waals surface area contributed by atoms with Gasteiger partial charge < -0.3 is 0 Å². The van der Waals surface area contributed by atoms with Gasteiger partial charge in [-0.15, -0.1) is 0 Å². The normalized spacial score (nSPS) is 17.8. The van der Waals surface area contributed by atoms with Crippen LogP contribution in [0.2, 0.25) is 0 Å². The first-order valence-electron chi connectivity index (χ1n) is 5.99. The van der Waals surface area contributed by atoms with Gasteiger partial charge >= 0.3 is 0 Å². The van der Waals surface area contributed by atoms with Crippen molar-refractivity contribution >= 4 is 12.1 Å². The van der Waals surface area contributed by atoms with Crippen LogP contribution in [0.25, 0.3) is 0 Å². The van der Waals surface area contributed by atoms with Gasteiger partial charge in [-0.3, -0.25) is 9.98 Å². The molecule has 2 aromatic rings. The predicted molar refractivity (Wildman–Crippen MR) is 73.2 cm³/mol. The molecule has 3 heteroatoms. The van der Waals surface area contributed by atoms with Crippen LogP contribution < -0.4 is 0 Å². The summed E-state index contributed by atoms with van der Waals surface area (Å²) >= 11 is 0. The summed E-state index contributed by atoms with van der Waals surface area (Å²) in [6.45, 7) is 0. The van der Waals surface area contributed by atoms with Gasteiger partial charge in [0.2, 0.25) is 0 Å². The third kappa shape index (κ3) is 2.35. The van der Waals surface area contributed by atoms with Crippen molar-refractivity contribution in [1.82, 2.24) is 4.98 Å². The molecular formula is C15H13N3. The first-order valence-corrected chi connectivity index (χ1v) is 5.99. The van der Waals surface area contributed by atoms with E-state index in [-0.39, 0.29) is 6.04 Å². The summed E-state index contributed by atoms with van der Waals surface area (Å²) in [7, 11) is 0. The fourth-order valence-corrected chi connectivity index (χ4v) is 1.95. The highest BCUT2D eigenvalue weighted by Gasteiger charge is 2.14. The first kappa shape index (κ1) is 10.8. The third-order valence-corrected chi connectivity index (χ3v) is 2.83. The maximum atomic E-state index is 4.61. The Labute approximate surface area is 106 Å². The van der Waals surface area contributed by atoms with Crippen molar-refractivity contribution in [3.63, 3.8) is 0 Å². The van der Waals surface area contributed by atoms with Gasteiger partial charge in [0.1, 0.15) is 0 Å². The minimum Gasteiger partial charge on any atom is -0.261 e. The predicted octanol–water partition coefficient (Wildman–Crippen LogP) is 2.52. The standard InChI is InChI=1S/C15H13N3/c1-2-6-12(7-3-1)15-17-11-14(18-15)10-13-8-4-5-9-16-13/h1-9,11,14H,10H2. The molecule has 0 amide bonds. The lowest BCUT2D eigenvalue weighted by atomic mass is 10.1. The molecule has 18 heavy (non-hydrogen) atoms. The lowest BCUT2D eigenvalue weighted by Crippen LogP contribution is -2.08. The zero-order valence-corrected chi connectivity index (χ0v) is 9.90. The van der Waals surface area contributed by atoms with Gasteiger partial charge in [-0.25, -0.2) is 4.99 Å². The summed E-state index contributed by atoms with van der Waals surface area (Å²) in [5.41, 5.74) is 2.12. The SMILES string of the molecule is C1=NC(c2ccccc2)=NC1Cc1ccccn1. The molecule has 0 spiro atoms. The largest absolute Gasteiger partial charge is 0.261 e. The third-order valence-electron chi connectivity index (χ3n) is 2.83. The number of rotatable bonds is 3. The van der Waals surface area contributed by atoms with E-state index >= 15 is 0 Å². The van der Waals surface area contributed by atoms with Gasteiger partial charge in [0.15, 0.2) is 5.84 Å². The summed E-state index contributed by atoms with van der Waals surface area (Å²) in [5.74, 6) is 0.816. The molecule has 3 nitrogen and oxygen atoms in total. The number of nitrogens with zero attached hydrogens (tertiary/aromatic N) is 3. The molecule has 2 heterocycles. The highest BCUT2D eigenvalue weighted by molar-refractivity contribution is 6.07. The zero-order valence-electron chi connectivity index (χ0n) is 9.90. The van der Waals surface area contributed by atoms with E-state index in [9.17, 15) is 0 Å². The molecule has 1 aromatic heterocycles. The molecule has 0 N–H and O–H groups in total. The van der Waals surface area contributed by atoms with Crippen LogP contribution in [0.3, 0.4) is 0 Å². The maximum Gasteiger partial charge on any atom is 0.154 e. The van der Waals surface area contributed by atoms with Crippen molar-refractivity contribution in [2.45, 2.75) is 12.5 Å². The first-order chi connectivity index (χ1) is 8.92. The zero-order chi connectivity index (χ0) is 12.2. The van der Waals surface area contributed by atoms with Crippen LogP contribution in [0.5, 0.6) is 0 Å². The fraction of sp³-hybridized carbons (Fsp3) is 0.133. The number of pyridine rings is 1. The Morgan fingerprint density at radius 3 is 2.56 bits per heavy atom. The van der Waals surface area contributed by atoms with Crippen molar-refractivity contribution in [2.75, 3.05) is 0 Å². The Morgan fingerprint density at radius 1 is 0.944 bits per heavy atom. The molecular weight excluding hydrogens is 222 g/mol. The number of aromatic nitrogens is 1. The van der Waals surface area contributed by atoms with Crippen LogP contribution in [0.1, 0.15) is 11.3 Å². The fourth-order valence-electron chi connectivity index (χ4n) is 1.95. The van der Waals surface area contributed by atoms with E-state index in [4.69, 9.17) is 0 Å². The van der Waals surface area contributed by atoms with E-state index < -0.39 is 0 Å². The van der Waals surface area contributed by atoms with Crippen molar-refractivity contribution < 1.29 is 0 Å². The molecule has 1 aromatic carbocycles. The molecule has 3 rings (SSSR count). The van der Waals surface area contributed by atoms with E-state index in [1.165, 1.54) is 0 Å². The van der Waals surface area contributed by atoms with Crippen molar-refractivity contribution in [1.29, 1.82) is 0 Å². The minimum atomic E-state index is 0.107. The molecule has 0 radical (unpaired) electrons. The Hall–Kier alpha value is -2.29. The van der Waals surface area contributed by atoms with E-state index in [1.807, 2.05) is 60.9 Å². The monoisotopic (exact) mass is 235 g/mol. The van der Waals surface area contributed by atoms with Crippen LogP contribution in [0, 0.1) is 0 Å². The average Bonchev–Trinajstić information content (AvgIpc) is 2.89. The number of amidine groups is 1. The number of aliphatic imine (C=N–C) groups is 2. The molecule has 0 saturated heterocycles. The van der Waals surface area contributed by atoms with Crippen molar-refractivity contribution in [3.8, 4) is 0 Å². The van der Waals surface area contributed by atoms with Gasteiger partial charge in [0.05, 0.1) is 6.04 Å². The maximum absolute atomic E-state index is 4.61. The summed E-state index contributed by atoms with van der Waals surface area (Å²) in [6, 6.07) is 16.1. The van der Waals surface area contributed by atoms with Gasteiger partial charge in [0, 0.05) is 30.1 Å². The van der Waals surface area contributed by atoms with E-state index in [2.05, 4.69) is 15.0 Å². The van der Waals surface area contributed by atoms with E-state index in [0.29, 0.717) is 0 Å². The molecule has 0 bridgehead atoms. The van der Waals surface area contributed by atoms with Gasteiger partial charge in [-0.2, -0.15) is 0 Å². The summed E-state index contributed by atoms with van der Waals surface area (Å²) in [6.07, 6.45) is 4.51. The molecule has 0 fully saturated rings. The summed E-state index contributed by atoms with van der Waals surface area (Å²) < 4.78 is 0. The van der Waals surface area contributed by atoms with Gasteiger partial charge in [-0.1, -0.05) is 36.4 Å². The lowest BCUT2D eigenvalue weighted by molar-refractivity contribution is 0.849. The van der Waals surface area contributed by atoms with E-state index in [0.717, 1.165) is 23.5 Å². The molecule has 0 saturated carbocycles. The second kappa shape index (κ2) is 4.92. The Balaban J connectivity index is 1.75. The second-order valence-corrected chi connectivity index (χ2v) is 4.19. The summed E-state index contributed by atoms with van der Waals surface area (Å²) in [5, 5.41) is 0. The van der Waals surface area contributed by atoms with Crippen LogP contribution in [-0.4, -0.2) is 23.1 Å². The highest BCUT2D eigenvalue weighted by Crippen LogP contribution is 2.11. The minimum absolute atomic E-state index is 0.107. The molecule has 1 unspecified atom stereocenters. The van der Waals surface area contributed by atoms with Crippen molar-refractivity contribution in [3.05, 3.63) is 66.0 Å². The van der Waals surface area contributed by atoms with Gasteiger partial charge in [0.25, 0.3) is 0 Å². The second-order valence-electron chi connectivity index (χ2n) is 4.19. The molecule has 1 aliphatic rings. The lowest BCUT2D eigenvalue weighted by Gasteiger charge is -2.02. The molecule has 1 aliphatic heterocycles. The van der Waals surface area contributed by atoms with Crippen LogP contribution in [0.4, 0.5) is 0 Å². The smallest absolute Gasteiger partial charge is 0.154 e. The average molecular weight is 235 g/mol. The Bertz CT molecular complexity index is 573. The number of benzene rings is 1. The van der Waals surface area contributed by atoms with E-state index in [1.54, 1.807) is 0 Å². The quantitative estimate of drug-likeness (QED) is 0.805. The Kier molecular flexibility index (Phi) is 2.96. The summed E-state index contributed by atoms with van der Waals surface area (Å²) in [4.78, 5) is 13.3. The van der Waals surface area contributed by atoms with Gasteiger partial charge in [-0.05, 0) is 12.1 Å². The van der Waals surface area contributed by atoms with Crippen LogP contribution in [0.15, 0.2) is 64.7 Å². The highest BCUT2D eigenvalue weighted by atomic mass is 15.0. The van der Waals surface area contributed by atoms with Crippen LogP contribution in [-0.2, 0) is 6.42 Å². The van der Waals surface area contributed by atoms with Crippen molar-refractivity contribution in [2.24, 2.45) is 9.98 Å². The molecule has 0 aliphatic carbocycles. The van der Waals surface area contributed by atoms with Crippen LogP contribution >= 0.6 is 0 Å². The number of hydrogen-bond acceptors (Lipinski definition) is 3. The molecule has 1 atom stereocenters. The number of hydrogen-bond donors (Lipinski definition) is 0. The molecule has 88 valence electrons. The Morgan fingerprint density at radius 2 is 1.78 bits per heavy atom. The topological polar surface area (TPSA) is 37.6 Å².